The van der Waals surface area contributed by atoms with Gasteiger partial charge in [0.15, 0.2) is 5.78 Å². The molecule has 9 heteroatoms. The molecule has 0 saturated carbocycles. The van der Waals surface area contributed by atoms with E-state index in [-0.39, 0.29) is 17.2 Å². The number of amides is 1. The van der Waals surface area contributed by atoms with Gasteiger partial charge in [-0.2, -0.15) is 5.26 Å². The number of nitrogens with two attached hydrogens (primary N) is 1. The number of nitrogens with one attached hydrogen (secondary N) is 1. The molecule has 1 amide bonds. The quantitative estimate of drug-likeness (QED) is 0.718. The van der Waals surface area contributed by atoms with E-state index in [0.717, 1.165) is 0 Å². The van der Waals surface area contributed by atoms with Crippen LogP contribution in [0, 0.1) is 11.3 Å². The van der Waals surface area contributed by atoms with Gasteiger partial charge in [-0.3, -0.25) is 20.0 Å². The number of nitrogens with zero attached hydrogens (tertiary/aromatic N) is 3. The van der Waals surface area contributed by atoms with Gasteiger partial charge in [0, 0.05) is 41.2 Å². The summed E-state index contributed by atoms with van der Waals surface area (Å²) in [4.78, 5) is 30.0. The molecule has 2 aromatic rings. The first-order chi connectivity index (χ1) is 16.0. The maximum absolute atomic E-state index is 13.2. The second kappa shape index (κ2) is 9.04. The number of hydrogen-bond donors (Lipinski definition) is 2. The molecule has 1 unspecified atom stereocenters. The normalized spacial score (nSPS) is 17.9. The molecule has 0 spiro atoms. The van der Waals surface area contributed by atoms with Crippen molar-refractivity contribution in [3.63, 3.8) is 0 Å². The van der Waals surface area contributed by atoms with E-state index in [2.05, 4.69) is 16.5 Å². The highest BCUT2D eigenvalue weighted by molar-refractivity contribution is 6.00. The number of ether oxygens (including phenoxy) is 2. The molecule has 168 valence electrons. The van der Waals surface area contributed by atoms with Crippen LogP contribution in [0.4, 0.5) is 0 Å². The molecule has 4 rings (SSSR count). The van der Waals surface area contributed by atoms with E-state index in [9.17, 15) is 14.9 Å². The average Bonchev–Trinajstić information content (AvgIpc) is 2.85. The van der Waals surface area contributed by atoms with Crippen LogP contribution in [-0.2, 0) is 4.79 Å². The van der Waals surface area contributed by atoms with Gasteiger partial charge in [-0.05, 0) is 43.2 Å². The van der Waals surface area contributed by atoms with Crippen LogP contribution >= 0.6 is 0 Å². The topological polar surface area (TPSA) is 131 Å². The summed E-state index contributed by atoms with van der Waals surface area (Å²) in [7, 11) is 3.06. The van der Waals surface area contributed by atoms with Crippen LogP contribution in [0.2, 0.25) is 0 Å². The molecule has 9 nitrogen and oxygen atoms in total. The zero-order valence-electron chi connectivity index (χ0n) is 18.3. The zero-order valence-corrected chi connectivity index (χ0v) is 18.3. The number of aromatic nitrogens is 1. The zero-order chi connectivity index (χ0) is 23.5. The highest BCUT2D eigenvalue weighted by atomic mass is 16.5. The summed E-state index contributed by atoms with van der Waals surface area (Å²) in [6.45, 7) is 0. The molecule has 1 aromatic carbocycles. The fourth-order valence-corrected chi connectivity index (χ4v) is 4.26. The summed E-state index contributed by atoms with van der Waals surface area (Å²) in [6.07, 6.45) is 4.47. The van der Waals surface area contributed by atoms with Crippen molar-refractivity contribution in [2.45, 2.75) is 25.2 Å². The number of carbonyl (C=O) groups excluding carboxylic acids is 2. The van der Waals surface area contributed by atoms with Crippen molar-refractivity contribution in [2.24, 2.45) is 5.73 Å². The van der Waals surface area contributed by atoms with Gasteiger partial charge in [0.2, 0.25) is 0 Å². The molecule has 1 aromatic heterocycles. The second-order valence-electron chi connectivity index (χ2n) is 7.60. The summed E-state index contributed by atoms with van der Waals surface area (Å²) in [5.41, 5.74) is 11.3. The lowest BCUT2D eigenvalue weighted by Gasteiger charge is -2.39. The number of ketones is 1. The summed E-state index contributed by atoms with van der Waals surface area (Å²) in [5, 5.41) is 11.5. The first kappa shape index (κ1) is 21.9. The summed E-state index contributed by atoms with van der Waals surface area (Å²) in [6, 6.07) is 10.5. The van der Waals surface area contributed by atoms with Gasteiger partial charge in [0.1, 0.15) is 17.3 Å². The first-order valence-corrected chi connectivity index (χ1v) is 10.4. The number of carbonyl (C=O) groups is 2. The van der Waals surface area contributed by atoms with Gasteiger partial charge in [-0.1, -0.05) is 0 Å². The number of allylic oxidation sites excluding steroid dienone is 3. The van der Waals surface area contributed by atoms with E-state index in [1.165, 1.54) is 31.6 Å². The molecular formula is C24H23N5O4. The Kier molecular flexibility index (Phi) is 6.00. The minimum atomic E-state index is -0.739. The maximum Gasteiger partial charge on any atom is 0.270 e. The fraction of sp³-hybridized carbons (Fsp3) is 0.250. The highest BCUT2D eigenvalue weighted by Crippen LogP contribution is 2.47. The Bertz CT molecular complexity index is 1210. The Balaban J connectivity index is 1.87. The molecular weight excluding hydrogens is 422 g/mol. The van der Waals surface area contributed by atoms with E-state index in [1.807, 2.05) is 0 Å². The number of benzene rings is 1. The van der Waals surface area contributed by atoms with Crippen LogP contribution in [0.1, 0.15) is 41.1 Å². The predicted molar refractivity (Wildman–Crippen MR) is 119 cm³/mol. The van der Waals surface area contributed by atoms with Gasteiger partial charge < -0.3 is 15.2 Å². The minimum Gasteiger partial charge on any atom is -0.497 e. The Hall–Kier alpha value is -4.32. The molecule has 33 heavy (non-hydrogen) atoms. The molecule has 0 radical (unpaired) electrons. The average molecular weight is 445 g/mol. The Morgan fingerprint density at radius 1 is 1.21 bits per heavy atom. The molecule has 1 atom stereocenters. The van der Waals surface area contributed by atoms with Crippen molar-refractivity contribution in [3.05, 3.63) is 76.5 Å². The van der Waals surface area contributed by atoms with Gasteiger partial charge >= 0.3 is 0 Å². The van der Waals surface area contributed by atoms with E-state index in [1.54, 1.807) is 30.3 Å². The van der Waals surface area contributed by atoms with Gasteiger partial charge in [-0.25, -0.2) is 5.01 Å². The fourth-order valence-electron chi connectivity index (χ4n) is 4.26. The number of Topliss-reactive ketones (excluding diaryl/α,β-unsaturated/α-hetero) is 1. The smallest absolute Gasteiger partial charge is 0.270 e. The molecule has 2 heterocycles. The summed E-state index contributed by atoms with van der Waals surface area (Å²) in [5.74, 6) is -0.157. The van der Waals surface area contributed by atoms with E-state index >= 15 is 0 Å². The lowest BCUT2D eigenvalue weighted by atomic mass is 9.75. The molecule has 1 aliphatic heterocycles. The van der Waals surface area contributed by atoms with Crippen molar-refractivity contribution in [1.82, 2.24) is 15.4 Å². The molecule has 3 N–H and O–H groups in total. The summed E-state index contributed by atoms with van der Waals surface area (Å²) >= 11 is 0. The number of hydrogen-bond acceptors (Lipinski definition) is 8. The Morgan fingerprint density at radius 2 is 1.97 bits per heavy atom. The number of methoxy groups -OCH3 is 2. The first-order valence-electron chi connectivity index (χ1n) is 10.4. The number of pyridine rings is 1. The van der Waals surface area contributed by atoms with Crippen LogP contribution in [-0.4, -0.2) is 35.9 Å². The largest absolute Gasteiger partial charge is 0.497 e. The lowest BCUT2D eigenvalue weighted by molar-refractivity contribution is -0.116. The Morgan fingerprint density at radius 3 is 2.64 bits per heavy atom. The third-order valence-electron chi connectivity index (χ3n) is 5.82. The van der Waals surface area contributed by atoms with E-state index in [0.29, 0.717) is 53.2 Å². The minimum absolute atomic E-state index is 0.0585. The van der Waals surface area contributed by atoms with Crippen molar-refractivity contribution < 1.29 is 19.1 Å². The van der Waals surface area contributed by atoms with Crippen LogP contribution in [0.25, 0.3) is 0 Å². The van der Waals surface area contributed by atoms with E-state index in [4.69, 9.17) is 15.2 Å². The third-order valence-corrected chi connectivity index (χ3v) is 5.82. The monoisotopic (exact) mass is 445 g/mol. The SMILES string of the molecule is COc1ccc(OC)c(C2C(C#N)=C(N)N(NC(=O)c3ccncc3)C3=C2C(=O)CCC3)c1. The number of nitriles is 1. The predicted octanol–water partition coefficient (Wildman–Crippen LogP) is 2.54. The van der Waals surface area contributed by atoms with Crippen molar-refractivity contribution >= 4 is 11.7 Å². The van der Waals surface area contributed by atoms with E-state index < -0.39 is 11.8 Å². The van der Waals surface area contributed by atoms with Crippen LogP contribution < -0.4 is 20.6 Å². The number of hydrazine groups is 1. The molecule has 0 bridgehead atoms. The molecule has 1 aliphatic carbocycles. The molecule has 0 fully saturated rings. The van der Waals surface area contributed by atoms with Crippen LogP contribution in [0.3, 0.4) is 0 Å². The molecule has 2 aliphatic rings. The Labute approximate surface area is 191 Å². The van der Waals surface area contributed by atoms with Crippen LogP contribution in [0.5, 0.6) is 11.5 Å². The van der Waals surface area contributed by atoms with Crippen LogP contribution in [0.15, 0.2) is 65.4 Å². The highest BCUT2D eigenvalue weighted by Gasteiger charge is 2.41. The number of rotatable bonds is 5. The summed E-state index contributed by atoms with van der Waals surface area (Å²) < 4.78 is 10.9. The standard InChI is InChI=1S/C24H23N5O4/c1-32-15-6-7-20(33-2)16(12-15)21-17(13-25)23(26)29(18-4-3-5-19(30)22(18)21)28-24(31)14-8-10-27-11-9-14/h6-12,21H,3-5,26H2,1-2H3,(H,28,31). The second-order valence-corrected chi connectivity index (χ2v) is 7.60. The van der Waals surface area contributed by atoms with Crippen molar-refractivity contribution in [2.75, 3.05) is 14.2 Å². The van der Waals surface area contributed by atoms with Gasteiger partial charge in [-0.15, -0.1) is 0 Å². The van der Waals surface area contributed by atoms with Gasteiger partial charge in [0.05, 0.1) is 31.8 Å². The van der Waals surface area contributed by atoms with Crippen molar-refractivity contribution in [3.8, 4) is 17.6 Å². The molecule has 0 saturated heterocycles. The maximum atomic E-state index is 13.2. The lowest BCUT2D eigenvalue weighted by Crippen LogP contribution is -2.48. The third kappa shape index (κ3) is 3.87. The van der Waals surface area contributed by atoms with Crippen molar-refractivity contribution in [1.29, 1.82) is 5.26 Å². The van der Waals surface area contributed by atoms with Gasteiger partial charge in [0.25, 0.3) is 5.91 Å².